The predicted molar refractivity (Wildman–Crippen MR) is 70.4 cm³/mol. The normalized spacial score (nSPS) is 13.3. The van der Waals surface area contributed by atoms with E-state index in [1.165, 1.54) is 14.2 Å². The molecule has 0 aliphatic carbocycles. The molecule has 2 unspecified atom stereocenters. The first kappa shape index (κ1) is 17.5. The van der Waals surface area contributed by atoms with Gasteiger partial charge in [0.05, 0.1) is 6.67 Å². The highest BCUT2D eigenvalue weighted by atomic mass is 16.5. The van der Waals surface area contributed by atoms with Gasteiger partial charge in [0.1, 0.15) is 12.5 Å². The molecule has 0 aromatic carbocycles. The second-order valence-electron chi connectivity index (χ2n) is 3.74. The largest absolute Gasteiger partial charge is 0.362 e. The van der Waals surface area contributed by atoms with Gasteiger partial charge in [-0.3, -0.25) is 0 Å². The molecule has 112 valence electrons. The summed E-state index contributed by atoms with van der Waals surface area (Å²) in [6.45, 7) is 3.78. The summed E-state index contributed by atoms with van der Waals surface area (Å²) >= 11 is 0. The van der Waals surface area contributed by atoms with Gasteiger partial charge in [-0.25, -0.2) is 9.59 Å². The summed E-state index contributed by atoms with van der Waals surface area (Å²) in [5, 5.41) is 10.1. The van der Waals surface area contributed by atoms with Gasteiger partial charge in [0.15, 0.2) is 0 Å². The van der Waals surface area contributed by atoms with E-state index in [1.54, 1.807) is 0 Å². The molecule has 2 atom stereocenters. The molecular weight excluding hydrogens is 252 g/mol. The number of nitrogens with one attached hydrogen (secondary N) is 4. The number of methoxy groups -OCH3 is 2. The molecule has 0 aromatic rings. The third kappa shape index (κ3) is 8.22. The van der Waals surface area contributed by atoms with Crippen molar-refractivity contribution in [2.45, 2.75) is 39.1 Å². The van der Waals surface area contributed by atoms with Crippen molar-refractivity contribution in [3.63, 3.8) is 0 Å². The van der Waals surface area contributed by atoms with Crippen molar-refractivity contribution in [1.29, 1.82) is 0 Å². The van der Waals surface area contributed by atoms with Crippen LogP contribution in [0.2, 0.25) is 0 Å². The molecule has 0 aliphatic rings. The monoisotopic (exact) mass is 276 g/mol. The van der Waals surface area contributed by atoms with E-state index in [0.717, 1.165) is 0 Å². The highest BCUT2D eigenvalue weighted by Crippen LogP contribution is 1.90. The van der Waals surface area contributed by atoms with Gasteiger partial charge in [-0.1, -0.05) is 13.8 Å². The maximum atomic E-state index is 11.4. The van der Waals surface area contributed by atoms with Crippen molar-refractivity contribution in [2.75, 3.05) is 20.9 Å². The van der Waals surface area contributed by atoms with E-state index in [4.69, 9.17) is 9.47 Å². The maximum absolute atomic E-state index is 11.4. The highest BCUT2D eigenvalue weighted by molar-refractivity contribution is 5.76. The predicted octanol–water partition coefficient (Wildman–Crippen LogP) is 0.307. The zero-order chi connectivity index (χ0) is 14.7. The lowest BCUT2D eigenvalue weighted by atomic mass is 10.4. The molecule has 8 nitrogen and oxygen atoms in total. The van der Waals surface area contributed by atoms with Crippen LogP contribution >= 0.6 is 0 Å². The fourth-order valence-electron chi connectivity index (χ4n) is 1.25. The fraction of sp³-hybridized carbons (Fsp3) is 0.818. The van der Waals surface area contributed by atoms with Gasteiger partial charge in [-0.15, -0.1) is 0 Å². The summed E-state index contributed by atoms with van der Waals surface area (Å²) < 4.78 is 9.98. The van der Waals surface area contributed by atoms with Crippen LogP contribution in [0.5, 0.6) is 0 Å². The Morgan fingerprint density at radius 1 is 0.895 bits per heavy atom. The molecule has 4 N–H and O–H groups in total. The number of hydrogen-bond donors (Lipinski definition) is 4. The van der Waals surface area contributed by atoms with Gasteiger partial charge < -0.3 is 30.7 Å². The summed E-state index contributed by atoms with van der Waals surface area (Å²) in [5.41, 5.74) is 0. The second-order valence-corrected chi connectivity index (χ2v) is 3.74. The van der Waals surface area contributed by atoms with Crippen molar-refractivity contribution >= 4 is 12.1 Å². The second kappa shape index (κ2) is 10.4. The number of hydrogen-bond acceptors (Lipinski definition) is 4. The van der Waals surface area contributed by atoms with E-state index in [9.17, 15) is 9.59 Å². The minimum absolute atomic E-state index is 0.0119. The topological polar surface area (TPSA) is 101 Å². The first-order valence-electron chi connectivity index (χ1n) is 6.21. The van der Waals surface area contributed by atoms with E-state index in [0.29, 0.717) is 12.8 Å². The Morgan fingerprint density at radius 2 is 1.26 bits per heavy atom. The molecule has 0 spiro atoms. The smallest absolute Gasteiger partial charge is 0.318 e. The van der Waals surface area contributed by atoms with E-state index in [1.807, 2.05) is 13.8 Å². The molecule has 0 bridgehead atoms. The summed E-state index contributed by atoms with van der Waals surface area (Å²) in [4.78, 5) is 22.8. The molecule has 0 fully saturated rings. The average Bonchev–Trinajstić information content (AvgIpc) is 2.42. The van der Waals surface area contributed by atoms with Gasteiger partial charge >= 0.3 is 12.1 Å². The van der Waals surface area contributed by atoms with Crippen LogP contribution in [0.1, 0.15) is 26.7 Å². The van der Waals surface area contributed by atoms with E-state index >= 15 is 0 Å². The van der Waals surface area contributed by atoms with Crippen molar-refractivity contribution in [2.24, 2.45) is 0 Å². The van der Waals surface area contributed by atoms with Gasteiger partial charge in [0, 0.05) is 14.2 Å². The van der Waals surface area contributed by atoms with Crippen LogP contribution in [0.15, 0.2) is 0 Å². The van der Waals surface area contributed by atoms with E-state index in [2.05, 4.69) is 21.3 Å². The minimum Gasteiger partial charge on any atom is -0.362 e. The molecule has 0 aliphatic heterocycles. The van der Waals surface area contributed by atoms with Crippen molar-refractivity contribution in [3.05, 3.63) is 0 Å². The number of carbonyl (C=O) groups is 2. The number of carbonyl (C=O) groups excluding carboxylic acids is 2. The molecule has 4 amide bonds. The van der Waals surface area contributed by atoms with Gasteiger partial charge in [0.25, 0.3) is 0 Å². The van der Waals surface area contributed by atoms with Crippen LogP contribution in [0.4, 0.5) is 9.59 Å². The van der Waals surface area contributed by atoms with Gasteiger partial charge in [-0.2, -0.15) is 0 Å². The van der Waals surface area contributed by atoms with E-state index in [-0.39, 0.29) is 19.1 Å². The third-order valence-electron chi connectivity index (χ3n) is 2.39. The average molecular weight is 276 g/mol. The Balaban J connectivity index is 3.78. The minimum atomic E-state index is -0.409. The zero-order valence-corrected chi connectivity index (χ0v) is 11.9. The molecule has 0 saturated heterocycles. The molecule has 0 heterocycles. The third-order valence-corrected chi connectivity index (χ3v) is 2.39. The van der Waals surface area contributed by atoms with E-state index < -0.39 is 12.1 Å². The Morgan fingerprint density at radius 3 is 1.53 bits per heavy atom. The van der Waals surface area contributed by atoms with Crippen LogP contribution < -0.4 is 21.3 Å². The lowest BCUT2D eigenvalue weighted by Gasteiger charge is -2.17. The first-order valence-corrected chi connectivity index (χ1v) is 6.21. The molecule has 0 saturated carbocycles. The summed E-state index contributed by atoms with van der Waals surface area (Å²) in [6.07, 6.45) is 0.631. The molecular formula is C11H24N4O4. The van der Waals surface area contributed by atoms with Crippen molar-refractivity contribution < 1.29 is 19.1 Å². The summed E-state index contributed by atoms with van der Waals surface area (Å²) in [5.74, 6) is 0. The molecule has 0 radical (unpaired) electrons. The van der Waals surface area contributed by atoms with Crippen LogP contribution in [0, 0.1) is 0 Å². The van der Waals surface area contributed by atoms with Crippen molar-refractivity contribution in [1.82, 2.24) is 21.3 Å². The lowest BCUT2D eigenvalue weighted by molar-refractivity contribution is 0.0774. The molecule has 19 heavy (non-hydrogen) atoms. The van der Waals surface area contributed by atoms with Crippen LogP contribution in [-0.2, 0) is 9.47 Å². The number of ether oxygens (including phenoxy) is 2. The van der Waals surface area contributed by atoms with Gasteiger partial charge in [-0.05, 0) is 12.8 Å². The molecule has 0 rings (SSSR count). The summed E-state index contributed by atoms with van der Waals surface area (Å²) in [7, 11) is 3.02. The quantitative estimate of drug-likeness (QED) is 0.479. The fourth-order valence-corrected chi connectivity index (χ4v) is 1.25. The molecule has 0 aromatic heterocycles. The number of rotatable bonds is 8. The maximum Gasteiger partial charge on any atom is 0.318 e. The first-order chi connectivity index (χ1) is 9.07. The van der Waals surface area contributed by atoms with Crippen LogP contribution in [-0.4, -0.2) is 45.4 Å². The number of amides is 4. The molecule has 8 heteroatoms. The summed E-state index contributed by atoms with van der Waals surface area (Å²) in [6, 6.07) is -0.819. The number of urea groups is 2. The Hall–Kier alpha value is -1.54. The van der Waals surface area contributed by atoms with Crippen LogP contribution in [0.3, 0.4) is 0 Å². The highest BCUT2D eigenvalue weighted by Gasteiger charge is 2.10. The lowest BCUT2D eigenvalue weighted by Crippen LogP contribution is -2.50. The Labute approximate surface area is 113 Å². The SMILES string of the molecule is CCC(NC(=O)NCNC(=O)NC(CC)OC)OC. The standard InChI is InChI=1S/C11H24N4O4/c1-5-8(18-3)14-10(16)12-7-13-11(17)15-9(6-2)19-4/h8-9H,5-7H2,1-4H3,(H2,12,14,16)(H2,13,15,17). The zero-order valence-electron chi connectivity index (χ0n) is 11.9. The van der Waals surface area contributed by atoms with Crippen LogP contribution in [0.25, 0.3) is 0 Å². The van der Waals surface area contributed by atoms with Gasteiger partial charge in [0.2, 0.25) is 0 Å². The Kier molecular flexibility index (Phi) is 9.55. The Bertz CT molecular complexity index is 241. The van der Waals surface area contributed by atoms with Crippen molar-refractivity contribution in [3.8, 4) is 0 Å².